The number of aromatic hydroxyl groups is 1. The molecule has 0 atom stereocenters. The summed E-state index contributed by atoms with van der Waals surface area (Å²) in [6, 6.07) is 11.7. The standard InChI is InChI=1S/C13H11BrN2O3/c14-11-6-5-10(7-12(11)16(18)19)15-8-9-3-1-2-4-13(9)17/h1-7,15,17H,8H2. The lowest BCUT2D eigenvalue weighted by atomic mass is 10.2. The van der Waals surface area contributed by atoms with E-state index in [-0.39, 0.29) is 11.4 Å². The number of halogens is 1. The first-order valence-corrected chi connectivity index (χ1v) is 6.32. The van der Waals surface area contributed by atoms with Gasteiger partial charge in [-0.3, -0.25) is 10.1 Å². The summed E-state index contributed by atoms with van der Waals surface area (Å²) < 4.78 is 0.436. The molecule has 2 aromatic rings. The van der Waals surface area contributed by atoms with Crippen LogP contribution in [0.2, 0.25) is 0 Å². The zero-order valence-corrected chi connectivity index (χ0v) is 11.4. The van der Waals surface area contributed by atoms with Crippen molar-refractivity contribution in [1.29, 1.82) is 0 Å². The molecule has 2 N–H and O–H groups in total. The maximum absolute atomic E-state index is 10.8. The third-order valence-corrected chi connectivity index (χ3v) is 3.29. The molecule has 0 aliphatic heterocycles. The Morgan fingerprint density at radius 1 is 1.26 bits per heavy atom. The number of hydrogen-bond acceptors (Lipinski definition) is 4. The first kappa shape index (κ1) is 13.4. The molecule has 2 rings (SSSR count). The van der Waals surface area contributed by atoms with E-state index >= 15 is 0 Å². The van der Waals surface area contributed by atoms with Crippen LogP contribution >= 0.6 is 15.9 Å². The summed E-state index contributed by atoms with van der Waals surface area (Å²) in [5.41, 5.74) is 1.36. The lowest BCUT2D eigenvalue weighted by Gasteiger charge is -2.08. The van der Waals surface area contributed by atoms with E-state index < -0.39 is 4.92 Å². The zero-order chi connectivity index (χ0) is 13.8. The number of nitrogens with one attached hydrogen (secondary N) is 1. The summed E-state index contributed by atoms with van der Waals surface area (Å²) in [6.07, 6.45) is 0. The third-order valence-electron chi connectivity index (χ3n) is 2.62. The van der Waals surface area contributed by atoms with Crippen molar-refractivity contribution in [2.45, 2.75) is 6.54 Å². The molecular formula is C13H11BrN2O3. The first-order valence-electron chi connectivity index (χ1n) is 5.52. The lowest BCUT2D eigenvalue weighted by molar-refractivity contribution is -0.385. The van der Waals surface area contributed by atoms with Crippen molar-refractivity contribution in [3.63, 3.8) is 0 Å². The Hall–Kier alpha value is -2.08. The van der Waals surface area contributed by atoms with Gasteiger partial charge in [-0.25, -0.2) is 0 Å². The van der Waals surface area contributed by atoms with Crippen LogP contribution < -0.4 is 5.32 Å². The fourth-order valence-corrected chi connectivity index (χ4v) is 2.01. The number of phenolic OH excluding ortho intramolecular Hbond substituents is 1. The van der Waals surface area contributed by atoms with Crippen molar-refractivity contribution in [3.05, 3.63) is 62.6 Å². The molecule has 0 aliphatic rings. The van der Waals surface area contributed by atoms with Gasteiger partial charge in [0.15, 0.2) is 0 Å². The fraction of sp³-hybridized carbons (Fsp3) is 0.0769. The van der Waals surface area contributed by atoms with Crippen molar-refractivity contribution < 1.29 is 10.0 Å². The smallest absolute Gasteiger partial charge is 0.285 e. The first-order chi connectivity index (χ1) is 9.08. The average Bonchev–Trinajstić information content (AvgIpc) is 2.39. The zero-order valence-electron chi connectivity index (χ0n) is 9.84. The highest BCUT2D eigenvalue weighted by Gasteiger charge is 2.12. The number of hydrogen-bond donors (Lipinski definition) is 2. The van der Waals surface area contributed by atoms with Gasteiger partial charge in [-0.15, -0.1) is 0 Å². The van der Waals surface area contributed by atoms with E-state index in [9.17, 15) is 15.2 Å². The van der Waals surface area contributed by atoms with Gasteiger partial charge in [0.2, 0.25) is 0 Å². The summed E-state index contributed by atoms with van der Waals surface area (Å²) >= 11 is 3.13. The predicted molar refractivity (Wildman–Crippen MR) is 76.2 cm³/mol. The van der Waals surface area contributed by atoms with Gasteiger partial charge >= 0.3 is 0 Å². The highest BCUT2D eigenvalue weighted by atomic mass is 79.9. The van der Waals surface area contributed by atoms with Crippen LogP contribution in [0.1, 0.15) is 5.56 Å². The van der Waals surface area contributed by atoms with Crippen LogP contribution in [-0.4, -0.2) is 10.0 Å². The van der Waals surface area contributed by atoms with Crippen molar-refractivity contribution in [1.82, 2.24) is 0 Å². The molecule has 0 radical (unpaired) electrons. The van der Waals surface area contributed by atoms with Crippen LogP contribution in [0.4, 0.5) is 11.4 Å². The minimum absolute atomic E-state index is 0.00211. The van der Waals surface area contributed by atoms with Crippen LogP contribution in [0.5, 0.6) is 5.75 Å². The molecule has 6 heteroatoms. The second-order valence-corrected chi connectivity index (χ2v) is 4.76. The maximum atomic E-state index is 10.8. The topological polar surface area (TPSA) is 75.4 Å². The third kappa shape index (κ3) is 3.23. The Morgan fingerprint density at radius 3 is 2.68 bits per heavy atom. The van der Waals surface area contributed by atoms with E-state index in [0.29, 0.717) is 16.7 Å². The molecule has 0 aliphatic carbocycles. The van der Waals surface area contributed by atoms with Gasteiger partial charge in [0.1, 0.15) is 5.75 Å². The second-order valence-electron chi connectivity index (χ2n) is 3.91. The molecule has 0 unspecified atom stereocenters. The number of nitro benzene ring substituents is 1. The molecule has 5 nitrogen and oxygen atoms in total. The van der Waals surface area contributed by atoms with Crippen molar-refractivity contribution in [2.24, 2.45) is 0 Å². The van der Waals surface area contributed by atoms with E-state index in [2.05, 4.69) is 21.2 Å². The Kier molecular flexibility index (Phi) is 4.01. The Labute approximate surface area is 118 Å². The minimum Gasteiger partial charge on any atom is -0.508 e. The van der Waals surface area contributed by atoms with E-state index in [1.165, 1.54) is 6.07 Å². The summed E-state index contributed by atoms with van der Waals surface area (Å²) in [4.78, 5) is 10.4. The minimum atomic E-state index is -0.449. The molecule has 0 spiro atoms. The Morgan fingerprint density at radius 2 is 2.00 bits per heavy atom. The molecule has 0 fully saturated rings. The summed E-state index contributed by atoms with van der Waals surface area (Å²) in [5, 5.41) is 23.5. The largest absolute Gasteiger partial charge is 0.508 e. The number of nitrogens with zero attached hydrogens (tertiary/aromatic N) is 1. The maximum Gasteiger partial charge on any atom is 0.285 e. The quantitative estimate of drug-likeness (QED) is 0.665. The molecule has 0 amide bonds. The highest BCUT2D eigenvalue weighted by Crippen LogP contribution is 2.28. The van der Waals surface area contributed by atoms with E-state index in [0.717, 1.165) is 5.56 Å². The van der Waals surface area contributed by atoms with Crippen molar-refractivity contribution in [3.8, 4) is 5.75 Å². The molecule has 98 valence electrons. The van der Waals surface area contributed by atoms with Gasteiger partial charge in [0.25, 0.3) is 5.69 Å². The Bertz CT molecular complexity index is 617. The van der Waals surface area contributed by atoms with Crippen LogP contribution in [0, 0.1) is 10.1 Å². The van der Waals surface area contributed by atoms with Gasteiger partial charge in [0, 0.05) is 23.9 Å². The van der Waals surface area contributed by atoms with Crippen LogP contribution in [-0.2, 0) is 6.54 Å². The fourth-order valence-electron chi connectivity index (χ4n) is 1.62. The summed E-state index contributed by atoms with van der Waals surface area (Å²) in [5.74, 6) is 0.196. The SMILES string of the molecule is O=[N+]([O-])c1cc(NCc2ccccc2O)ccc1Br. The van der Waals surface area contributed by atoms with E-state index in [1.54, 1.807) is 30.3 Å². The monoisotopic (exact) mass is 322 g/mol. The molecule has 0 heterocycles. The van der Waals surface area contributed by atoms with Crippen molar-refractivity contribution >= 4 is 27.3 Å². The normalized spacial score (nSPS) is 10.2. The second kappa shape index (κ2) is 5.71. The number of anilines is 1. The van der Waals surface area contributed by atoms with Gasteiger partial charge in [-0.1, -0.05) is 18.2 Å². The number of nitro groups is 1. The summed E-state index contributed by atoms with van der Waals surface area (Å²) in [7, 11) is 0. The average molecular weight is 323 g/mol. The van der Waals surface area contributed by atoms with Gasteiger partial charge < -0.3 is 10.4 Å². The number of para-hydroxylation sites is 1. The molecule has 0 saturated carbocycles. The van der Waals surface area contributed by atoms with Crippen LogP contribution in [0.25, 0.3) is 0 Å². The molecule has 0 saturated heterocycles. The van der Waals surface area contributed by atoms with Gasteiger partial charge in [-0.05, 0) is 34.1 Å². The molecule has 19 heavy (non-hydrogen) atoms. The summed E-state index contributed by atoms with van der Waals surface area (Å²) in [6.45, 7) is 0.394. The van der Waals surface area contributed by atoms with E-state index in [4.69, 9.17) is 0 Å². The predicted octanol–water partition coefficient (Wildman–Crippen LogP) is 3.68. The number of benzene rings is 2. The van der Waals surface area contributed by atoms with Crippen molar-refractivity contribution in [2.75, 3.05) is 5.32 Å². The molecular weight excluding hydrogens is 312 g/mol. The van der Waals surface area contributed by atoms with Gasteiger partial charge in [-0.2, -0.15) is 0 Å². The molecule has 0 aromatic heterocycles. The van der Waals surface area contributed by atoms with Crippen LogP contribution in [0.3, 0.4) is 0 Å². The number of rotatable bonds is 4. The highest BCUT2D eigenvalue weighted by molar-refractivity contribution is 9.10. The Balaban J connectivity index is 2.14. The molecule has 0 bridgehead atoms. The van der Waals surface area contributed by atoms with E-state index in [1.807, 2.05) is 6.07 Å². The van der Waals surface area contributed by atoms with Crippen LogP contribution in [0.15, 0.2) is 46.9 Å². The number of phenols is 1. The lowest BCUT2D eigenvalue weighted by Crippen LogP contribution is -2.00. The molecule has 2 aromatic carbocycles. The van der Waals surface area contributed by atoms with Gasteiger partial charge in [0.05, 0.1) is 9.40 Å².